The van der Waals surface area contributed by atoms with Crippen molar-refractivity contribution < 1.29 is 15.0 Å². The lowest BCUT2D eigenvalue weighted by Gasteiger charge is -2.40. The summed E-state index contributed by atoms with van der Waals surface area (Å²) in [5.74, 6) is -0.838. The van der Waals surface area contributed by atoms with Gasteiger partial charge in [0.1, 0.15) is 5.41 Å². The number of rotatable bonds is 3. The standard InChI is InChI=1S/C16H25NO3/c1-11-5-4-6-13(16(11,3)14(18)19)17-12-7-9-15(2,20)10-8-12/h4-6,11-12,17,20H,7-10H2,1-3H3,(H,18,19). The maximum Gasteiger partial charge on any atom is 0.315 e. The van der Waals surface area contributed by atoms with Crippen molar-refractivity contribution in [2.24, 2.45) is 11.3 Å². The summed E-state index contributed by atoms with van der Waals surface area (Å²) in [6, 6.07) is 0.249. The van der Waals surface area contributed by atoms with Gasteiger partial charge in [-0.15, -0.1) is 0 Å². The summed E-state index contributed by atoms with van der Waals surface area (Å²) < 4.78 is 0. The van der Waals surface area contributed by atoms with E-state index in [4.69, 9.17) is 0 Å². The maximum atomic E-state index is 11.7. The van der Waals surface area contributed by atoms with E-state index in [-0.39, 0.29) is 12.0 Å². The minimum Gasteiger partial charge on any atom is -0.481 e. The molecule has 2 aliphatic rings. The highest BCUT2D eigenvalue weighted by molar-refractivity contribution is 5.79. The third-order valence-electron chi connectivity index (χ3n) is 5.00. The van der Waals surface area contributed by atoms with Gasteiger partial charge in [0.05, 0.1) is 5.60 Å². The highest BCUT2D eigenvalue weighted by Gasteiger charge is 2.43. The van der Waals surface area contributed by atoms with E-state index in [1.54, 1.807) is 6.92 Å². The van der Waals surface area contributed by atoms with Crippen LogP contribution in [0.1, 0.15) is 46.5 Å². The van der Waals surface area contributed by atoms with Gasteiger partial charge in [0.25, 0.3) is 0 Å². The number of carbonyl (C=O) groups is 1. The van der Waals surface area contributed by atoms with E-state index in [1.807, 2.05) is 32.1 Å². The summed E-state index contributed by atoms with van der Waals surface area (Å²) in [4.78, 5) is 11.7. The summed E-state index contributed by atoms with van der Waals surface area (Å²) in [7, 11) is 0. The molecule has 4 heteroatoms. The molecule has 0 spiro atoms. The highest BCUT2D eigenvalue weighted by Crippen LogP contribution is 2.39. The summed E-state index contributed by atoms with van der Waals surface area (Å²) in [5.41, 5.74) is -0.677. The van der Waals surface area contributed by atoms with Crippen molar-refractivity contribution in [3.05, 3.63) is 23.9 Å². The largest absolute Gasteiger partial charge is 0.481 e. The summed E-state index contributed by atoms with van der Waals surface area (Å²) in [6.07, 6.45) is 9.00. The molecule has 4 nitrogen and oxygen atoms in total. The van der Waals surface area contributed by atoms with Gasteiger partial charge < -0.3 is 15.5 Å². The van der Waals surface area contributed by atoms with Crippen LogP contribution in [0.15, 0.2) is 23.9 Å². The number of aliphatic carboxylic acids is 1. The van der Waals surface area contributed by atoms with E-state index in [9.17, 15) is 15.0 Å². The smallest absolute Gasteiger partial charge is 0.315 e. The molecule has 20 heavy (non-hydrogen) atoms. The number of carboxylic acids is 1. The Morgan fingerprint density at radius 1 is 1.35 bits per heavy atom. The predicted molar refractivity (Wildman–Crippen MR) is 78.1 cm³/mol. The van der Waals surface area contributed by atoms with Gasteiger partial charge in [-0.25, -0.2) is 0 Å². The molecule has 0 aromatic rings. The van der Waals surface area contributed by atoms with Crippen LogP contribution in [0.4, 0.5) is 0 Å². The van der Waals surface area contributed by atoms with Crippen LogP contribution in [0.3, 0.4) is 0 Å². The van der Waals surface area contributed by atoms with Crippen molar-refractivity contribution in [1.29, 1.82) is 0 Å². The van der Waals surface area contributed by atoms with E-state index < -0.39 is 17.0 Å². The van der Waals surface area contributed by atoms with Crippen LogP contribution < -0.4 is 5.32 Å². The molecular weight excluding hydrogens is 254 g/mol. The van der Waals surface area contributed by atoms with Gasteiger partial charge >= 0.3 is 5.97 Å². The molecule has 0 amide bonds. The van der Waals surface area contributed by atoms with Gasteiger partial charge in [-0.3, -0.25) is 4.79 Å². The second-order valence-corrected chi connectivity index (χ2v) is 6.68. The zero-order valence-electron chi connectivity index (χ0n) is 12.5. The Labute approximate surface area is 120 Å². The third kappa shape index (κ3) is 2.75. The summed E-state index contributed by atoms with van der Waals surface area (Å²) in [6.45, 7) is 5.58. The molecule has 2 atom stereocenters. The molecule has 0 heterocycles. The monoisotopic (exact) mass is 279 g/mol. The van der Waals surface area contributed by atoms with Crippen LogP contribution in [0.5, 0.6) is 0 Å². The molecule has 2 unspecified atom stereocenters. The van der Waals surface area contributed by atoms with Crippen LogP contribution in [0, 0.1) is 11.3 Å². The van der Waals surface area contributed by atoms with Crippen molar-refractivity contribution in [3.8, 4) is 0 Å². The van der Waals surface area contributed by atoms with Crippen LogP contribution in [0.2, 0.25) is 0 Å². The number of nitrogens with one attached hydrogen (secondary N) is 1. The minimum atomic E-state index is -0.894. The van der Waals surface area contributed by atoms with Crippen LogP contribution in [-0.4, -0.2) is 27.8 Å². The van der Waals surface area contributed by atoms with E-state index in [0.29, 0.717) is 0 Å². The average molecular weight is 279 g/mol. The normalized spacial score (nSPS) is 41.1. The molecule has 2 rings (SSSR count). The second kappa shape index (κ2) is 5.24. The number of hydrogen-bond donors (Lipinski definition) is 3. The zero-order chi connectivity index (χ0) is 15.0. The number of carboxylic acid groups (broad SMARTS) is 1. The molecule has 1 saturated carbocycles. The Hall–Kier alpha value is -1.29. The molecule has 2 aliphatic carbocycles. The molecular formula is C16H25NO3. The first kappa shape index (κ1) is 15.1. The van der Waals surface area contributed by atoms with E-state index in [0.717, 1.165) is 31.4 Å². The fourth-order valence-electron chi connectivity index (χ4n) is 3.04. The van der Waals surface area contributed by atoms with Crippen LogP contribution in [0.25, 0.3) is 0 Å². The van der Waals surface area contributed by atoms with Gasteiger partial charge in [0, 0.05) is 11.7 Å². The molecule has 1 fully saturated rings. The minimum absolute atomic E-state index is 0.0424. The Morgan fingerprint density at radius 2 is 1.95 bits per heavy atom. The van der Waals surface area contributed by atoms with E-state index in [2.05, 4.69) is 5.32 Å². The second-order valence-electron chi connectivity index (χ2n) is 6.68. The maximum absolute atomic E-state index is 11.7. The summed E-state index contributed by atoms with van der Waals surface area (Å²) in [5, 5.41) is 23.0. The van der Waals surface area contributed by atoms with Crippen molar-refractivity contribution in [3.63, 3.8) is 0 Å². The molecule has 3 N–H and O–H groups in total. The fourth-order valence-corrected chi connectivity index (χ4v) is 3.04. The number of aliphatic hydroxyl groups is 1. The Kier molecular flexibility index (Phi) is 3.96. The molecule has 0 saturated heterocycles. The molecule has 112 valence electrons. The van der Waals surface area contributed by atoms with E-state index in [1.165, 1.54) is 0 Å². The van der Waals surface area contributed by atoms with Crippen LogP contribution in [-0.2, 0) is 4.79 Å². The summed E-state index contributed by atoms with van der Waals surface area (Å²) >= 11 is 0. The van der Waals surface area contributed by atoms with Gasteiger partial charge in [0.2, 0.25) is 0 Å². The van der Waals surface area contributed by atoms with E-state index >= 15 is 0 Å². The van der Waals surface area contributed by atoms with Crippen molar-refractivity contribution >= 4 is 5.97 Å². The molecule has 0 radical (unpaired) electrons. The highest BCUT2D eigenvalue weighted by atomic mass is 16.4. The lowest BCUT2D eigenvalue weighted by atomic mass is 9.72. The SMILES string of the molecule is CC1C=CC=C(NC2CCC(C)(O)CC2)C1(C)C(=O)O. The first-order valence-electron chi connectivity index (χ1n) is 7.37. The predicted octanol–water partition coefficient (Wildman–Crippen LogP) is 2.45. The Morgan fingerprint density at radius 3 is 2.50 bits per heavy atom. The van der Waals surface area contributed by atoms with Gasteiger partial charge in [0.15, 0.2) is 0 Å². The van der Waals surface area contributed by atoms with Crippen LogP contribution >= 0.6 is 0 Å². The fraction of sp³-hybridized carbons (Fsp3) is 0.688. The van der Waals surface area contributed by atoms with Gasteiger partial charge in [-0.1, -0.05) is 19.1 Å². The Balaban J connectivity index is 2.10. The Bertz CT molecular complexity index is 443. The molecule has 0 aliphatic heterocycles. The van der Waals surface area contributed by atoms with Gasteiger partial charge in [-0.2, -0.15) is 0 Å². The third-order valence-corrected chi connectivity index (χ3v) is 5.00. The van der Waals surface area contributed by atoms with Crippen molar-refractivity contribution in [2.75, 3.05) is 0 Å². The van der Waals surface area contributed by atoms with Crippen molar-refractivity contribution in [2.45, 2.75) is 58.1 Å². The number of hydrogen-bond acceptors (Lipinski definition) is 3. The zero-order valence-corrected chi connectivity index (χ0v) is 12.5. The molecule has 0 aromatic carbocycles. The average Bonchev–Trinajstić information content (AvgIpc) is 2.37. The lowest BCUT2D eigenvalue weighted by molar-refractivity contribution is -0.147. The molecule has 0 aromatic heterocycles. The molecule has 0 bridgehead atoms. The number of allylic oxidation sites excluding steroid dienone is 3. The lowest BCUT2D eigenvalue weighted by Crippen LogP contribution is -2.47. The topological polar surface area (TPSA) is 69.6 Å². The first-order valence-corrected chi connectivity index (χ1v) is 7.37. The van der Waals surface area contributed by atoms with Crippen molar-refractivity contribution in [1.82, 2.24) is 5.32 Å². The van der Waals surface area contributed by atoms with Gasteiger partial charge in [-0.05, 0) is 51.5 Å². The first-order chi connectivity index (χ1) is 9.25. The quantitative estimate of drug-likeness (QED) is 0.742.